The Kier molecular flexibility index (Phi) is 8.50. The lowest BCUT2D eigenvalue weighted by molar-refractivity contribution is -0.108. The second kappa shape index (κ2) is 12.4. The summed E-state index contributed by atoms with van der Waals surface area (Å²) < 4.78 is 27.9. The third-order valence-corrected chi connectivity index (χ3v) is 7.59. The first-order chi connectivity index (χ1) is 19.5. The van der Waals surface area contributed by atoms with E-state index in [0.717, 1.165) is 60.8 Å². The van der Waals surface area contributed by atoms with Crippen LogP contribution in [0.15, 0.2) is 97.1 Å². The SMILES string of the molecule is CCCCc1ccc(C2=C(c3ccc(F)cc3)C(=O)C(c3ccc(F)cc3)=C2c2ccc(CCCC)cc2)cc1. The van der Waals surface area contributed by atoms with Gasteiger partial charge in [0.1, 0.15) is 11.6 Å². The number of benzene rings is 4. The first-order valence-corrected chi connectivity index (χ1v) is 14.2. The molecule has 0 bridgehead atoms. The van der Waals surface area contributed by atoms with Crippen LogP contribution in [0.5, 0.6) is 0 Å². The van der Waals surface area contributed by atoms with Crippen LogP contribution in [-0.2, 0) is 17.6 Å². The summed E-state index contributed by atoms with van der Waals surface area (Å²) in [6.45, 7) is 4.36. The van der Waals surface area contributed by atoms with Gasteiger partial charge in [0.25, 0.3) is 0 Å². The highest BCUT2D eigenvalue weighted by Gasteiger charge is 2.35. The third kappa shape index (κ3) is 5.74. The predicted molar refractivity (Wildman–Crippen MR) is 162 cm³/mol. The van der Waals surface area contributed by atoms with Gasteiger partial charge in [0.2, 0.25) is 0 Å². The van der Waals surface area contributed by atoms with Crippen LogP contribution in [0.1, 0.15) is 72.9 Å². The number of rotatable bonds is 10. The van der Waals surface area contributed by atoms with Crippen LogP contribution in [0.4, 0.5) is 8.78 Å². The standard InChI is InChI=1S/C37H34F2O/c1-3-5-7-25-9-13-27(14-10-25)33-34(28-15-11-26(12-16-28)8-6-4-2)36(30-19-23-32(39)24-20-30)37(40)35(33)29-17-21-31(38)22-18-29/h9-24H,3-8H2,1-2H3. The number of unbranched alkanes of at least 4 members (excludes halogenated alkanes) is 2. The lowest BCUT2D eigenvalue weighted by atomic mass is 9.88. The number of hydrogen-bond donors (Lipinski definition) is 0. The molecule has 1 nitrogen and oxygen atoms in total. The van der Waals surface area contributed by atoms with Gasteiger partial charge in [-0.1, -0.05) is 99.5 Å². The normalized spacial score (nSPS) is 13.4. The molecular formula is C37H34F2O. The van der Waals surface area contributed by atoms with E-state index in [1.54, 1.807) is 24.3 Å². The van der Waals surface area contributed by atoms with Gasteiger partial charge in [-0.2, -0.15) is 0 Å². The number of ketones is 1. The molecule has 0 unspecified atom stereocenters. The second-order valence-corrected chi connectivity index (χ2v) is 10.4. The van der Waals surface area contributed by atoms with Crippen LogP contribution < -0.4 is 0 Å². The first-order valence-electron chi connectivity index (χ1n) is 14.2. The zero-order chi connectivity index (χ0) is 28.1. The molecular weight excluding hydrogens is 498 g/mol. The molecule has 40 heavy (non-hydrogen) atoms. The fourth-order valence-corrected chi connectivity index (χ4v) is 5.40. The summed E-state index contributed by atoms with van der Waals surface area (Å²) >= 11 is 0. The fourth-order valence-electron chi connectivity index (χ4n) is 5.40. The lowest BCUT2D eigenvalue weighted by Crippen LogP contribution is -2.02. The number of carbonyl (C=O) groups excluding carboxylic acids is 1. The highest BCUT2D eigenvalue weighted by atomic mass is 19.1. The molecule has 3 heteroatoms. The molecule has 1 aliphatic carbocycles. The van der Waals surface area contributed by atoms with Gasteiger partial charge < -0.3 is 0 Å². The van der Waals surface area contributed by atoms with Crippen LogP contribution in [0.25, 0.3) is 22.3 Å². The van der Waals surface area contributed by atoms with Gasteiger partial charge >= 0.3 is 0 Å². The minimum Gasteiger partial charge on any atom is -0.289 e. The van der Waals surface area contributed by atoms with Crippen LogP contribution in [0.3, 0.4) is 0 Å². The van der Waals surface area contributed by atoms with Crippen molar-refractivity contribution in [1.82, 2.24) is 0 Å². The van der Waals surface area contributed by atoms with E-state index in [-0.39, 0.29) is 17.4 Å². The number of halogens is 2. The summed E-state index contributed by atoms with van der Waals surface area (Å²) in [4.78, 5) is 14.4. The molecule has 4 aromatic carbocycles. The zero-order valence-corrected chi connectivity index (χ0v) is 23.1. The smallest absolute Gasteiger partial charge is 0.195 e. The highest BCUT2D eigenvalue weighted by molar-refractivity contribution is 6.59. The van der Waals surface area contributed by atoms with Crippen LogP contribution in [0, 0.1) is 11.6 Å². The van der Waals surface area contributed by atoms with Crippen molar-refractivity contribution in [3.8, 4) is 0 Å². The van der Waals surface area contributed by atoms with E-state index in [1.807, 2.05) is 0 Å². The number of aryl methyl sites for hydroxylation is 2. The average molecular weight is 533 g/mol. The van der Waals surface area contributed by atoms with Crippen molar-refractivity contribution in [2.24, 2.45) is 0 Å². The van der Waals surface area contributed by atoms with Crippen molar-refractivity contribution in [2.45, 2.75) is 52.4 Å². The zero-order valence-electron chi connectivity index (χ0n) is 23.1. The van der Waals surface area contributed by atoms with Gasteiger partial charge in [-0.05, 0) is 83.3 Å². The van der Waals surface area contributed by atoms with E-state index in [4.69, 9.17) is 0 Å². The highest BCUT2D eigenvalue weighted by Crippen LogP contribution is 2.49. The largest absolute Gasteiger partial charge is 0.289 e. The number of Topliss-reactive ketones (excluding diaryl/α,β-unsaturated/α-hetero) is 1. The van der Waals surface area contributed by atoms with Gasteiger partial charge in [-0.15, -0.1) is 0 Å². The summed E-state index contributed by atoms with van der Waals surface area (Å²) in [5.41, 5.74) is 8.38. The van der Waals surface area contributed by atoms with E-state index in [1.165, 1.54) is 35.4 Å². The Morgan fingerprint density at radius 3 is 1.07 bits per heavy atom. The van der Waals surface area contributed by atoms with E-state index in [9.17, 15) is 13.6 Å². The molecule has 0 spiro atoms. The predicted octanol–water partition coefficient (Wildman–Crippen LogP) is 9.75. The van der Waals surface area contributed by atoms with Crippen LogP contribution in [0.2, 0.25) is 0 Å². The molecule has 0 amide bonds. The molecule has 0 aliphatic heterocycles. The quantitative estimate of drug-likeness (QED) is 0.199. The fraction of sp³-hybridized carbons (Fsp3) is 0.216. The molecule has 0 radical (unpaired) electrons. The molecule has 5 rings (SSSR count). The minimum absolute atomic E-state index is 0.145. The number of allylic oxidation sites excluding steroid dienone is 4. The van der Waals surface area contributed by atoms with Gasteiger partial charge in [-0.25, -0.2) is 8.78 Å². The van der Waals surface area contributed by atoms with Crippen molar-refractivity contribution < 1.29 is 13.6 Å². The van der Waals surface area contributed by atoms with E-state index >= 15 is 0 Å². The summed E-state index contributed by atoms with van der Waals surface area (Å²) in [7, 11) is 0. The number of hydrogen-bond acceptors (Lipinski definition) is 1. The maximum Gasteiger partial charge on any atom is 0.195 e. The number of carbonyl (C=O) groups is 1. The second-order valence-electron chi connectivity index (χ2n) is 10.4. The molecule has 0 saturated carbocycles. The Labute approximate surface area is 235 Å². The van der Waals surface area contributed by atoms with Gasteiger partial charge in [0.15, 0.2) is 5.78 Å². The van der Waals surface area contributed by atoms with Gasteiger partial charge in [0, 0.05) is 22.3 Å². The van der Waals surface area contributed by atoms with Crippen LogP contribution >= 0.6 is 0 Å². The van der Waals surface area contributed by atoms with Gasteiger partial charge in [-0.3, -0.25) is 4.79 Å². The Bertz CT molecular complexity index is 1420. The third-order valence-electron chi connectivity index (χ3n) is 7.59. The molecule has 0 fully saturated rings. The summed E-state index contributed by atoms with van der Waals surface area (Å²) in [5, 5.41) is 0. The van der Waals surface area contributed by atoms with E-state index < -0.39 is 0 Å². The molecule has 0 atom stereocenters. The summed E-state index contributed by atoms with van der Waals surface area (Å²) in [5.74, 6) is -0.856. The monoisotopic (exact) mass is 532 g/mol. The van der Waals surface area contributed by atoms with Crippen molar-refractivity contribution in [2.75, 3.05) is 0 Å². The maximum atomic E-state index is 14.4. The molecule has 0 saturated heterocycles. The topological polar surface area (TPSA) is 17.1 Å². The van der Waals surface area contributed by atoms with E-state index in [0.29, 0.717) is 22.3 Å². The van der Waals surface area contributed by atoms with Crippen molar-refractivity contribution >= 4 is 28.1 Å². The molecule has 0 N–H and O–H groups in total. The van der Waals surface area contributed by atoms with E-state index in [2.05, 4.69) is 62.4 Å². The first kappa shape index (κ1) is 27.5. The molecule has 1 aliphatic rings. The van der Waals surface area contributed by atoms with Gasteiger partial charge in [0.05, 0.1) is 0 Å². The Morgan fingerprint density at radius 2 is 0.750 bits per heavy atom. The Morgan fingerprint density at radius 1 is 0.450 bits per heavy atom. The minimum atomic E-state index is -0.355. The summed E-state index contributed by atoms with van der Waals surface area (Å²) in [6.07, 6.45) is 6.48. The summed E-state index contributed by atoms with van der Waals surface area (Å²) in [6, 6.07) is 29.1. The molecule has 202 valence electrons. The van der Waals surface area contributed by atoms with Crippen molar-refractivity contribution in [3.05, 3.63) is 142 Å². The van der Waals surface area contributed by atoms with Crippen molar-refractivity contribution in [1.29, 1.82) is 0 Å². The van der Waals surface area contributed by atoms with Crippen LogP contribution in [-0.4, -0.2) is 5.78 Å². The maximum absolute atomic E-state index is 14.4. The molecule has 4 aromatic rings. The Hall–Kier alpha value is -4.11. The lowest BCUT2D eigenvalue weighted by Gasteiger charge is -2.15. The van der Waals surface area contributed by atoms with Crippen molar-refractivity contribution in [3.63, 3.8) is 0 Å². The average Bonchev–Trinajstić information content (AvgIpc) is 3.29. The molecule has 0 heterocycles. The Balaban J connectivity index is 1.74. The molecule has 0 aromatic heterocycles.